The summed E-state index contributed by atoms with van der Waals surface area (Å²) in [5, 5.41) is 22.5. The van der Waals surface area contributed by atoms with Crippen LogP contribution in [0, 0.1) is 0 Å². The summed E-state index contributed by atoms with van der Waals surface area (Å²) in [6.45, 7) is 1.08. The topological polar surface area (TPSA) is 61.7 Å². The average Bonchev–Trinajstić information content (AvgIpc) is 2.33. The molecule has 0 fully saturated rings. The van der Waals surface area contributed by atoms with Gasteiger partial charge in [-0.2, -0.15) is 0 Å². The molecule has 0 saturated carbocycles. The van der Waals surface area contributed by atoms with Crippen molar-refractivity contribution in [2.24, 2.45) is 0 Å². The van der Waals surface area contributed by atoms with E-state index in [1.165, 1.54) is 0 Å². The highest BCUT2D eigenvalue weighted by Crippen LogP contribution is 2.21. The number of halogens is 1. The van der Waals surface area contributed by atoms with E-state index >= 15 is 0 Å². The van der Waals surface area contributed by atoms with Crippen LogP contribution in [-0.2, 0) is 11.3 Å². The number of aliphatic hydroxyl groups excluding tert-OH is 1. The first-order valence-electron chi connectivity index (χ1n) is 5.48. The lowest BCUT2D eigenvalue weighted by Gasteiger charge is -2.16. The van der Waals surface area contributed by atoms with Crippen LogP contribution >= 0.6 is 11.6 Å². The van der Waals surface area contributed by atoms with E-state index in [2.05, 4.69) is 5.32 Å². The molecule has 0 spiro atoms. The lowest BCUT2D eigenvalue weighted by Crippen LogP contribution is -2.33. The largest absolute Gasteiger partial charge is 0.508 e. The molecule has 0 amide bonds. The molecule has 0 aliphatic carbocycles. The number of nitrogens with one attached hydrogen (secondary N) is 1. The fourth-order valence-corrected chi connectivity index (χ4v) is 1.66. The molecule has 0 radical (unpaired) electrons. The summed E-state index contributed by atoms with van der Waals surface area (Å²) in [6.07, 6.45) is 0.717. The second kappa shape index (κ2) is 7.50. The number of phenols is 1. The van der Waals surface area contributed by atoms with E-state index in [0.29, 0.717) is 30.2 Å². The summed E-state index contributed by atoms with van der Waals surface area (Å²) < 4.78 is 4.95. The zero-order valence-electron chi connectivity index (χ0n) is 9.82. The monoisotopic (exact) mass is 259 g/mol. The van der Waals surface area contributed by atoms with Gasteiger partial charge in [0.05, 0.1) is 6.61 Å². The van der Waals surface area contributed by atoms with Gasteiger partial charge in [-0.15, -0.1) is 0 Å². The first-order chi connectivity index (χ1) is 8.17. The van der Waals surface area contributed by atoms with Gasteiger partial charge < -0.3 is 20.3 Å². The first-order valence-corrected chi connectivity index (χ1v) is 5.85. The smallest absolute Gasteiger partial charge is 0.120 e. The molecule has 1 rings (SSSR count). The second-order valence-electron chi connectivity index (χ2n) is 3.81. The van der Waals surface area contributed by atoms with Crippen LogP contribution in [0.4, 0.5) is 0 Å². The Labute approximate surface area is 106 Å². The number of ether oxygens (including phenoxy) is 1. The van der Waals surface area contributed by atoms with Gasteiger partial charge >= 0.3 is 0 Å². The molecule has 1 aromatic carbocycles. The first kappa shape index (κ1) is 14.3. The van der Waals surface area contributed by atoms with Crippen LogP contribution < -0.4 is 5.32 Å². The summed E-state index contributed by atoms with van der Waals surface area (Å²) >= 11 is 5.84. The molecule has 0 aliphatic heterocycles. The van der Waals surface area contributed by atoms with E-state index in [1.54, 1.807) is 25.3 Å². The Hall–Kier alpha value is -0.810. The van der Waals surface area contributed by atoms with Gasteiger partial charge in [-0.1, -0.05) is 11.6 Å². The minimum atomic E-state index is -0.0478. The van der Waals surface area contributed by atoms with Crippen molar-refractivity contribution in [3.8, 4) is 5.75 Å². The number of hydrogen-bond acceptors (Lipinski definition) is 4. The highest BCUT2D eigenvalue weighted by atomic mass is 35.5. The van der Waals surface area contributed by atoms with Crippen LogP contribution in [-0.4, -0.2) is 36.6 Å². The van der Waals surface area contributed by atoms with E-state index in [9.17, 15) is 5.11 Å². The van der Waals surface area contributed by atoms with E-state index in [1.807, 2.05) is 0 Å². The molecular formula is C12H18ClNO3. The molecule has 1 aromatic rings. The number of benzene rings is 1. The summed E-state index contributed by atoms with van der Waals surface area (Å²) in [4.78, 5) is 0. The molecule has 1 atom stereocenters. The van der Waals surface area contributed by atoms with Crippen molar-refractivity contribution in [3.05, 3.63) is 28.8 Å². The molecule has 1 unspecified atom stereocenters. The maximum atomic E-state index is 9.61. The summed E-state index contributed by atoms with van der Waals surface area (Å²) in [5.41, 5.74) is 0.716. The maximum absolute atomic E-state index is 9.61. The van der Waals surface area contributed by atoms with Gasteiger partial charge in [-0.3, -0.25) is 0 Å². The number of phenolic OH excluding ortho intramolecular Hbond substituents is 1. The van der Waals surface area contributed by atoms with E-state index in [4.69, 9.17) is 21.4 Å². The fraction of sp³-hybridized carbons (Fsp3) is 0.500. The molecule has 4 nitrogen and oxygen atoms in total. The third kappa shape index (κ3) is 4.91. The lowest BCUT2D eigenvalue weighted by atomic mass is 10.1. The van der Waals surface area contributed by atoms with Gasteiger partial charge in [0.1, 0.15) is 5.75 Å². The standard InChI is InChI=1S/C12H18ClNO3/c1-17-5-4-11(8-15)14-7-9-6-10(13)2-3-12(9)16/h2-3,6,11,14-16H,4-5,7-8H2,1H3. The third-order valence-electron chi connectivity index (χ3n) is 2.51. The Balaban J connectivity index is 2.50. The Kier molecular flexibility index (Phi) is 6.29. The van der Waals surface area contributed by atoms with Crippen molar-refractivity contribution in [3.63, 3.8) is 0 Å². The molecule has 0 saturated heterocycles. The minimum Gasteiger partial charge on any atom is -0.508 e. The highest BCUT2D eigenvalue weighted by molar-refractivity contribution is 6.30. The molecule has 5 heteroatoms. The quantitative estimate of drug-likeness (QED) is 0.695. The lowest BCUT2D eigenvalue weighted by molar-refractivity contribution is 0.159. The van der Waals surface area contributed by atoms with Gasteiger partial charge in [0.15, 0.2) is 0 Å². The van der Waals surface area contributed by atoms with Crippen molar-refractivity contribution in [2.45, 2.75) is 19.0 Å². The van der Waals surface area contributed by atoms with E-state index < -0.39 is 0 Å². The SMILES string of the molecule is COCCC(CO)NCc1cc(Cl)ccc1O. The number of methoxy groups -OCH3 is 1. The molecule has 0 aromatic heterocycles. The fourth-order valence-electron chi connectivity index (χ4n) is 1.47. The summed E-state index contributed by atoms with van der Waals surface area (Å²) in [6, 6.07) is 4.85. The summed E-state index contributed by atoms with van der Waals surface area (Å²) in [7, 11) is 1.62. The van der Waals surface area contributed by atoms with Crippen molar-refractivity contribution < 1.29 is 14.9 Å². The third-order valence-corrected chi connectivity index (χ3v) is 2.75. The number of aliphatic hydroxyl groups is 1. The van der Waals surface area contributed by atoms with Gasteiger partial charge in [-0.25, -0.2) is 0 Å². The second-order valence-corrected chi connectivity index (χ2v) is 4.25. The molecule has 96 valence electrons. The van der Waals surface area contributed by atoms with Gasteiger partial charge in [-0.05, 0) is 24.6 Å². The van der Waals surface area contributed by atoms with Gasteiger partial charge in [0.25, 0.3) is 0 Å². The Morgan fingerprint density at radius 1 is 1.47 bits per heavy atom. The Morgan fingerprint density at radius 3 is 2.88 bits per heavy atom. The molecule has 0 heterocycles. The zero-order chi connectivity index (χ0) is 12.7. The molecule has 0 aliphatic rings. The highest BCUT2D eigenvalue weighted by Gasteiger charge is 2.08. The number of hydrogen-bond donors (Lipinski definition) is 3. The average molecular weight is 260 g/mol. The van der Waals surface area contributed by atoms with Crippen LogP contribution in [0.25, 0.3) is 0 Å². The van der Waals surface area contributed by atoms with Crippen molar-refractivity contribution in [1.29, 1.82) is 0 Å². The Morgan fingerprint density at radius 2 is 2.24 bits per heavy atom. The molecule has 17 heavy (non-hydrogen) atoms. The van der Waals surface area contributed by atoms with E-state index in [-0.39, 0.29) is 18.4 Å². The van der Waals surface area contributed by atoms with E-state index in [0.717, 1.165) is 0 Å². The predicted octanol–water partition coefficient (Wildman–Crippen LogP) is 1.53. The predicted molar refractivity (Wildman–Crippen MR) is 67.3 cm³/mol. The molecular weight excluding hydrogens is 242 g/mol. The van der Waals surface area contributed by atoms with Crippen LogP contribution in [0.15, 0.2) is 18.2 Å². The Bertz CT molecular complexity index is 347. The molecule has 3 N–H and O–H groups in total. The van der Waals surface area contributed by atoms with Crippen LogP contribution in [0.1, 0.15) is 12.0 Å². The normalized spacial score (nSPS) is 12.6. The minimum absolute atomic E-state index is 0.0324. The molecule has 0 bridgehead atoms. The van der Waals surface area contributed by atoms with Crippen molar-refractivity contribution >= 4 is 11.6 Å². The van der Waals surface area contributed by atoms with Crippen molar-refractivity contribution in [1.82, 2.24) is 5.32 Å². The van der Waals surface area contributed by atoms with Crippen molar-refractivity contribution in [2.75, 3.05) is 20.3 Å². The van der Waals surface area contributed by atoms with Crippen LogP contribution in [0.2, 0.25) is 5.02 Å². The van der Waals surface area contributed by atoms with Gasteiger partial charge in [0.2, 0.25) is 0 Å². The van der Waals surface area contributed by atoms with Gasteiger partial charge in [0, 0.05) is 36.9 Å². The number of aromatic hydroxyl groups is 1. The number of rotatable bonds is 7. The van der Waals surface area contributed by atoms with Crippen LogP contribution in [0.5, 0.6) is 5.75 Å². The zero-order valence-corrected chi connectivity index (χ0v) is 10.6. The van der Waals surface area contributed by atoms with Crippen LogP contribution in [0.3, 0.4) is 0 Å². The maximum Gasteiger partial charge on any atom is 0.120 e. The summed E-state index contributed by atoms with van der Waals surface area (Å²) in [5.74, 6) is 0.199.